The summed E-state index contributed by atoms with van der Waals surface area (Å²) in [5, 5.41) is 15.0. The highest BCUT2D eigenvalue weighted by atomic mass is 16.5. The molecule has 8 heteroatoms. The molecular weight excluding hydrogens is 278 g/mol. The molecule has 21 heavy (non-hydrogen) atoms. The predicted octanol–water partition coefficient (Wildman–Crippen LogP) is -0.781. The first-order valence-corrected chi connectivity index (χ1v) is 6.81. The SMILES string of the molecule is CNC(=O)C1CCCN1C(=O)C(NC(=O)OC)C(C)(C)O. The fourth-order valence-electron chi connectivity index (χ4n) is 2.35. The third kappa shape index (κ3) is 4.07. The first kappa shape index (κ1) is 17.2. The number of carbonyl (C=O) groups is 3. The summed E-state index contributed by atoms with van der Waals surface area (Å²) >= 11 is 0. The monoisotopic (exact) mass is 301 g/mol. The van der Waals surface area contributed by atoms with E-state index in [1.54, 1.807) is 0 Å². The van der Waals surface area contributed by atoms with Crippen molar-refractivity contribution in [1.29, 1.82) is 0 Å². The van der Waals surface area contributed by atoms with Gasteiger partial charge in [0.1, 0.15) is 12.1 Å². The summed E-state index contributed by atoms with van der Waals surface area (Å²) in [5.74, 6) is -0.757. The second kappa shape index (κ2) is 6.75. The number of amides is 3. The molecule has 3 amide bonds. The summed E-state index contributed by atoms with van der Waals surface area (Å²) in [6.07, 6.45) is 0.439. The standard InChI is InChI=1S/C13H23N3O5/c1-13(2,20)9(15-12(19)21-4)11(18)16-7-5-6-8(16)10(17)14-3/h8-9,20H,5-7H2,1-4H3,(H,14,17)(H,15,19). The first-order valence-electron chi connectivity index (χ1n) is 6.81. The van der Waals surface area contributed by atoms with Gasteiger partial charge >= 0.3 is 6.09 Å². The maximum atomic E-state index is 12.6. The van der Waals surface area contributed by atoms with Crippen LogP contribution in [0.3, 0.4) is 0 Å². The second-order valence-electron chi connectivity index (χ2n) is 5.53. The molecule has 0 aromatic heterocycles. The van der Waals surface area contributed by atoms with Crippen LogP contribution in [0.1, 0.15) is 26.7 Å². The van der Waals surface area contributed by atoms with Gasteiger partial charge < -0.3 is 25.4 Å². The van der Waals surface area contributed by atoms with E-state index in [-0.39, 0.29) is 5.91 Å². The van der Waals surface area contributed by atoms with Crippen molar-refractivity contribution in [1.82, 2.24) is 15.5 Å². The lowest BCUT2D eigenvalue weighted by Crippen LogP contribution is -2.60. The summed E-state index contributed by atoms with van der Waals surface area (Å²) in [6, 6.07) is -1.76. The quantitative estimate of drug-likeness (QED) is 0.631. The van der Waals surface area contributed by atoms with Gasteiger partial charge in [-0.3, -0.25) is 9.59 Å². The highest BCUT2D eigenvalue weighted by Crippen LogP contribution is 2.21. The molecule has 1 rings (SSSR count). The molecular formula is C13H23N3O5. The smallest absolute Gasteiger partial charge is 0.407 e. The number of aliphatic hydroxyl groups is 1. The fourth-order valence-corrected chi connectivity index (χ4v) is 2.35. The minimum atomic E-state index is -1.49. The van der Waals surface area contributed by atoms with Gasteiger partial charge in [0.25, 0.3) is 0 Å². The molecule has 1 saturated heterocycles. The summed E-state index contributed by atoms with van der Waals surface area (Å²) in [5.41, 5.74) is -1.49. The van der Waals surface area contributed by atoms with Crippen molar-refractivity contribution < 1.29 is 24.2 Å². The van der Waals surface area contributed by atoms with E-state index in [0.717, 1.165) is 0 Å². The predicted molar refractivity (Wildman–Crippen MR) is 74.4 cm³/mol. The lowest BCUT2D eigenvalue weighted by atomic mass is 9.97. The molecule has 0 saturated carbocycles. The minimum Gasteiger partial charge on any atom is -0.453 e. The molecule has 0 spiro atoms. The van der Waals surface area contributed by atoms with Gasteiger partial charge in [-0.2, -0.15) is 0 Å². The van der Waals surface area contributed by atoms with Crippen LogP contribution in [0.5, 0.6) is 0 Å². The lowest BCUT2D eigenvalue weighted by Gasteiger charge is -2.33. The summed E-state index contributed by atoms with van der Waals surface area (Å²) in [7, 11) is 2.67. The number of likely N-dealkylation sites (N-methyl/N-ethyl adjacent to an activating group) is 1. The number of hydrogen-bond donors (Lipinski definition) is 3. The summed E-state index contributed by atoms with van der Waals surface area (Å²) in [6.45, 7) is 3.24. The zero-order valence-electron chi connectivity index (χ0n) is 12.8. The number of likely N-dealkylation sites (tertiary alicyclic amines) is 1. The number of nitrogens with zero attached hydrogens (tertiary/aromatic N) is 1. The average molecular weight is 301 g/mol. The first-order chi connectivity index (χ1) is 9.72. The van der Waals surface area contributed by atoms with Crippen molar-refractivity contribution in [3.63, 3.8) is 0 Å². The number of methoxy groups -OCH3 is 1. The molecule has 1 aliphatic heterocycles. The van der Waals surface area contributed by atoms with Gasteiger partial charge in [-0.25, -0.2) is 4.79 Å². The highest BCUT2D eigenvalue weighted by Gasteiger charge is 2.42. The molecule has 0 radical (unpaired) electrons. The summed E-state index contributed by atoms with van der Waals surface area (Å²) in [4.78, 5) is 37.1. The van der Waals surface area contributed by atoms with Gasteiger partial charge in [0.2, 0.25) is 11.8 Å². The molecule has 1 heterocycles. The molecule has 3 N–H and O–H groups in total. The topological polar surface area (TPSA) is 108 Å². The van der Waals surface area contributed by atoms with Crippen molar-refractivity contribution in [2.75, 3.05) is 20.7 Å². The van der Waals surface area contributed by atoms with Crippen molar-refractivity contribution in [3.8, 4) is 0 Å². The highest BCUT2D eigenvalue weighted by molar-refractivity contribution is 5.92. The maximum absolute atomic E-state index is 12.6. The molecule has 0 bridgehead atoms. The van der Waals surface area contributed by atoms with Crippen LogP contribution in [0.15, 0.2) is 0 Å². The van der Waals surface area contributed by atoms with Gasteiger partial charge in [-0.1, -0.05) is 0 Å². The lowest BCUT2D eigenvalue weighted by molar-refractivity contribution is -0.144. The van der Waals surface area contributed by atoms with E-state index in [1.807, 2.05) is 0 Å². The molecule has 2 unspecified atom stereocenters. The van der Waals surface area contributed by atoms with Crippen LogP contribution in [0.25, 0.3) is 0 Å². The van der Waals surface area contributed by atoms with Crippen LogP contribution in [-0.4, -0.2) is 66.3 Å². The molecule has 120 valence electrons. The Labute approximate surface area is 123 Å². The largest absolute Gasteiger partial charge is 0.453 e. The van der Waals surface area contributed by atoms with Crippen LogP contribution >= 0.6 is 0 Å². The molecule has 0 aliphatic carbocycles. The van der Waals surface area contributed by atoms with Gasteiger partial charge in [0.15, 0.2) is 0 Å². The van der Waals surface area contributed by atoms with Crippen molar-refractivity contribution in [3.05, 3.63) is 0 Å². The van der Waals surface area contributed by atoms with Gasteiger partial charge in [-0.05, 0) is 26.7 Å². The Hall–Kier alpha value is -1.83. The Kier molecular flexibility index (Phi) is 5.54. The minimum absolute atomic E-state index is 0.256. The average Bonchev–Trinajstić information content (AvgIpc) is 2.90. The van der Waals surface area contributed by atoms with E-state index in [0.29, 0.717) is 19.4 Å². The van der Waals surface area contributed by atoms with E-state index >= 15 is 0 Å². The van der Waals surface area contributed by atoms with Gasteiger partial charge in [0, 0.05) is 13.6 Å². The van der Waals surface area contributed by atoms with Gasteiger partial charge in [0.05, 0.1) is 12.7 Å². The Balaban J connectivity index is 2.94. The van der Waals surface area contributed by atoms with E-state index in [4.69, 9.17) is 0 Å². The molecule has 1 aliphatic rings. The van der Waals surface area contributed by atoms with Crippen LogP contribution in [0, 0.1) is 0 Å². The van der Waals surface area contributed by atoms with Crippen LogP contribution in [0.2, 0.25) is 0 Å². The van der Waals surface area contributed by atoms with E-state index in [1.165, 1.54) is 32.9 Å². The fraction of sp³-hybridized carbons (Fsp3) is 0.769. The van der Waals surface area contributed by atoms with Crippen LogP contribution < -0.4 is 10.6 Å². The number of ether oxygens (including phenoxy) is 1. The number of hydrogen-bond acceptors (Lipinski definition) is 5. The molecule has 8 nitrogen and oxygen atoms in total. The Morgan fingerprint density at radius 2 is 2.00 bits per heavy atom. The molecule has 1 fully saturated rings. The Morgan fingerprint density at radius 1 is 1.38 bits per heavy atom. The molecule has 2 atom stereocenters. The Morgan fingerprint density at radius 3 is 2.48 bits per heavy atom. The van der Waals surface area contributed by atoms with Crippen molar-refractivity contribution >= 4 is 17.9 Å². The third-order valence-electron chi connectivity index (χ3n) is 3.49. The number of alkyl carbamates (subject to hydrolysis) is 1. The second-order valence-corrected chi connectivity index (χ2v) is 5.53. The number of nitrogens with one attached hydrogen (secondary N) is 2. The zero-order chi connectivity index (χ0) is 16.2. The van der Waals surface area contributed by atoms with Crippen molar-refractivity contribution in [2.45, 2.75) is 44.4 Å². The molecule has 0 aromatic rings. The molecule has 0 aromatic carbocycles. The van der Waals surface area contributed by atoms with E-state index in [9.17, 15) is 19.5 Å². The number of rotatable bonds is 4. The van der Waals surface area contributed by atoms with E-state index in [2.05, 4.69) is 15.4 Å². The Bertz CT molecular complexity index is 419. The van der Waals surface area contributed by atoms with Gasteiger partial charge in [-0.15, -0.1) is 0 Å². The van der Waals surface area contributed by atoms with E-state index < -0.39 is 29.7 Å². The maximum Gasteiger partial charge on any atom is 0.407 e. The third-order valence-corrected chi connectivity index (χ3v) is 3.49. The van der Waals surface area contributed by atoms with Crippen LogP contribution in [0.4, 0.5) is 4.79 Å². The number of carbonyl (C=O) groups excluding carboxylic acids is 3. The normalized spacial score (nSPS) is 19.9. The summed E-state index contributed by atoms with van der Waals surface area (Å²) < 4.78 is 4.47. The zero-order valence-corrected chi connectivity index (χ0v) is 12.8. The van der Waals surface area contributed by atoms with Crippen LogP contribution in [-0.2, 0) is 14.3 Å². The van der Waals surface area contributed by atoms with Crippen molar-refractivity contribution in [2.24, 2.45) is 0 Å².